The highest BCUT2D eigenvalue weighted by molar-refractivity contribution is 5.77. The maximum absolute atomic E-state index is 13.1. The molecule has 0 aliphatic rings. The average molecular weight is 269 g/mol. The number of nitrogen functional groups attached to an aromatic ring is 1. The molecule has 102 valence electrons. The van der Waals surface area contributed by atoms with E-state index in [4.69, 9.17) is 5.73 Å². The van der Waals surface area contributed by atoms with Crippen molar-refractivity contribution in [1.29, 1.82) is 0 Å². The predicted molar refractivity (Wildman–Crippen MR) is 79.1 cm³/mol. The highest BCUT2D eigenvalue weighted by atomic mass is 19.1. The molecule has 0 aliphatic carbocycles. The van der Waals surface area contributed by atoms with E-state index < -0.39 is 0 Å². The Bertz CT molecular complexity index is 790. The van der Waals surface area contributed by atoms with Crippen LogP contribution in [0.25, 0.3) is 11.0 Å². The molecule has 0 aliphatic heterocycles. The summed E-state index contributed by atoms with van der Waals surface area (Å²) in [5.41, 5.74) is 11.7. The molecule has 0 amide bonds. The van der Waals surface area contributed by atoms with Crippen molar-refractivity contribution in [1.82, 2.24) is 9.55 Å². The van der Waals surface area contributed by atoms with Gasteiger partial charge in [-0.2, -0.15) is 0 Å². The van der Waals surface area contributed by atoms with E-state index in [1.807, 2.05) is 4.57 Å². The third kappa shape index (κ3) is 2.13. The van der Waals surface area contributed by atoms with E-state index in [1.54, 1.807) is 12.4 Å². The molecular weight excluding hydrogens is 253 g/mol. The second-order valence-electron chi connectivity index (χ2n) is 5.14. The Balaban J connectivity index is 2.04. The van der Waals surface area contributed by atoms with E-state index in [-0.39, 0.29) is 5.82 Å². The van der Waals surface area contributed by atoms with Crippen LogP contribution < -0.4 is 5.73 Å². The molecule has 2 aromatic carbocycles. The number of rotatable bonds is 2. The highest BCUT2D eigenvalue weighted by Crippen LogP contribution is 2.21. The van der Waals surface area contributed by atoms with Gasteiger partial charge in [0, 0.05) is 5.69 Å². The summed E-state index contributed by atoms with van der Waals surface area (Å²) in [4.78, 5) is 4.41. The van der Waals surface area contributed by atoms with Crippen molar-refractivity contribution in [2.75, 3.05) is 5.73 Å². The fourth-order valence-corrected chi connectivity index (χ4v) is 2.33. The predicted octanol–water partition coefficient (Wildman–Crippen LogP) is 3.42. The van der Waals surface area contributed by atoms with Crippen molar-refractivity contribution in [3.8, 4) is 0 Å². The van der Waals surface area contributed by atoms with E-state index in [0.717, 1.165) is 16.6 Å². The lowest BCUT2D eigenvalue weighted by molar-refractivity contribution is 0.627. The third-order valence-electron chi connectivity index (χ3n) is 3.69. The standard InChI is InChI=1S/C16H16FN3/c1-10-5-15-16(6-11(10)2)20(9-19-15)8-12-3-4-13(17)7-14(12)18/h3-7,9H,8,18H2,1-2H3. The van der Waals surface area contributed by atoms with Crippen molar-refractivity contribution in [2.24, 2.45) is 0 Å². The third-order valence-corrected chi connectivity index (χ3v) is 3.69. The number of aromatic nitrogens is 2. The normalized spacial score (nSPS) is 11.2. The Morgan fingerprint density at radius 1 is 1.15 bits per heavy atom. The number of nitrogens with two attached hydrogens (primary N) is 1. The van der Waals surface area contributed by atoms with Crippen molar-refractivity contribution in [2.45, 2.75) is 20.4 Å². The van der Waals surface area contributed by atoms with Gasteiger partial charge in [0.25, 0.3) is 0 Å². The van der Waals surface area contributed by atoms with Gasteiger partial charge in [-0.05, 0) is 54.8 Å². The van der Waals surface area contributed by atoms with Gasteiger partial charge in [-0.15, -0.1) is 0 Å². The van der Waals surface area contributed by atoms with Crippen LogP contribution >= 0.6 is 0 Å². The Morgan fingerprint density at radius 3 is 2.65 bits per heavy atom. The number of nitrogens with zero attached hydrogens (tertiary/aromatic N) is 2. The first kappa shape index (κ1) is 12.7. The van der Waals surface area contributed by atoms with Gasteiger partial charge in [-0.3, -0.25) is 0 Å². The van der Waals surface area contributed by atoms with Crippen molar-refractivity contribution >= 4 is 16.7 Å². The monoisotopic (exact) mass is 269 g/mol. The summed E-state index contributed by atoms with van der Waals surface area (Å²) in [7, 11) is 0. The molecule has 0 bridgehead atoms. The average Bonchev–Trinajstić information content (AvgIpc) is 2.76. The molecule has 1 aromatic heterocycles. The first-order valence-corrected chi connectivity index (χ1v) is 6.50. The van der Waals surface area contributed by atoms with E-state index >= 15 is 0 Å². The number of halogens is 1. The van der Waals surface area contributed by atoms with Gasteiger partial charge in [0.15, 0.2) is 0 Å². The van der Waals surface area contributed by atoms with Gasteiger partial charge in [0.1, 0.15) is 5.82 Å². The van der Waals surface area contributed by atoms with E-state index in [2.05, 4.69) is 31.0 Å². The summed E-state index contributed by atoms with van der Waals surface area (Å²) in [5.74, 6) is -0.312. The number of imidazole rings is 1. The Hall–Kier alpha value is -2.36. The molecule has 0 radical (unpaired) electrons. The van der Waals surface area contributed by atoms with Crippen LogP contribution in [0.1, 0.15) is 16.7 Å². The zero-order chi connectivity index (χ0) is 14.3. The van der Waals surface area contributed by atoms with E-state index in [0.29, 0.717) is 12.2 Å². The smallest absolute Gasteiger partial charge is 0.125 e. The molecule has 0 saturated heterocycles. The van der Waals surface area contributed by atoms with Crippen molar-refractivity contribution in [3.05, 3.63) is 59.2 Å². The minimum atomic E-state index is -0.312. The minimum Gasteiger partial charge on any atom is -0.398 e. The Kier molecular flexibility index (Phi) is 2.93. The topological polar surface area (TPSA) is 43.8 Å². The molecule has 0 saturated carbocycles. The van der Waals surface area contributed by atoms with Crippen LogP contribution in [0.5, 0.6) is 0 Å². The largest absolute Gasteiger partial charge is 0.398 e. The van der Waals surface area contributed by atoms with Crippen LogP contribution in [0.4, 0.5) is 10.1 Å². The second-order valence-corrected chi connectivity index (χ2v) is 5.14. The van der Waals surface area contributed by atoms with Crippen LogP contribution in [0.2, 0.25) is 0 Å². The fraction of sp³-hybridized carbons (Fsp3) is 0.188. The molecule has 3 nitrogen and oxygen atoms in total. The molecule has 0 fully saturated rings. The number of benzene rings is 2. The summed E-state index contributed by atoms with van der Waals surface area (Å²) < 4.78 is 15.1. The number of aryl methyl sites for hydroxylation is 2. The summed E-state index contributed by atoms with van der Waals surface area (Å²) in [6.45, 7) is 4.75. The minimum absolute atomic E-state index is 0.312. The van der Waals surface area contributed by atoms with Crippen LogP contribution in [0.15, 0.2) is 36.7 Å². The Morgan fingerprint density at radius 2 is 1.90 bits per heavy atom. The van der Waals surface area contributed by atoms with E-state index in [9.17, 15) is 4.39 Å². The van der Waals surface area contributed by atoms with Gasteiger partial charge in [-0.1, -0.05) is 6.07 Å². The SMILES string of the molecule is Cc1cc2ncn(Cc3ccc(F)cc3N)c2cc1C. The lowest BCUT2D eigenvalue weighted by atomic mass is 10.1. The van der Waals surface area contributed by atoms with E-state index in [1.165, 1.54) is 23.3 Å². The molecule has 0 unspecified atom stereocenters. The van der Waals surface area contributed by atoms with Crippen LogP contribution in [0, 0.1) is 19.7 Å². The summed E-state index contributed by atoms with van der Waals surface area (Å²) >= 11 is 0. The van der Waals surface area contributed by atoms with Crippen molar-refractivity contribution in [3.63, 3.8) is 0 Å². The molecule has 1 heterocycles. The molecule has 20 heavy (non-hydrogen) atoms. The van der Waals surface area contributed by atoms with Gasteiger partial charge in [-0.25, -0.2) is 9.37 Å². The first-order chi connectivity index (χ1) is 9.54. The molecular formula is C16H16FN3. The number of anilines is 1. The number of fused-ring (bicyclic) bond motifs is 1. The van der Waals surface area contributed by atoms with Crippen LogP contribution in [-0.4, -0.2) is 9.55 Å². The Labute approximate surface area is 116 Å². The first-order valence-electron chi connectivity index (χ1n) is 6.50. The summed E-state index contributed by atoms with van der Waals surface area (Å²) in [5, 5.41) is 0. The van der Waals surface area contributed by atoms with Gasteiger partial charge in [0.2, 0.25) is 0 Å². The lowest BCUT2D eigenvalue weighted by Crippen LogP contribution is -2.02. The lowest BCUT2D eigenvalue weighted by Gasteiger charge is -2.08. The molecule has 0 atom stereocenters. The molecule has 3 aromatic rings. The molecule has 0 spiro atoms. The van der Waals surface area contributed by atoms with Crippen LogP contribution in [0.3, 0.4) is 0 Å². The molecule has 4 heteroatoms. The maximum atomic E-state index is 13.1. The quantitative estimate of drug-likeness (QED) is 0.724. The van der Waals surface area contributed by atoms with Gasteiger partial charge < -0.3 is 10.3 Å². The van der Waals surface area contributed by atoms with Gasteiger partial charge >= 0.3 is 0 Å². The summed E-state index contributed by atoms with van der Waals surface area (Å²) in [6.07, 6.45) is 1.80. The molecule has 2 N–H and O–H groups in total. The zero-order valence-electron chi connectivity index (χ0n) is 11.5. The zero-order valence-corrected chi connectivity index (χ0v) is 11.5. The highest BCUT2D eigenvalue weighted by Gasteiger charge is 2.07. The molecule has 3 rings (SSSR count). The second kappa shape index (κ2) is 4.63. The maximum Gasteiger partial charge on any atom is 0.125 e. The summed E-state index contributed by atoms with van der Waals surface area (Å²) in [6, 6.07) is 8.70. The van der Waals surface area contributed by atoms with Crippen LogP contribution in [-0.2, 0) is 6.54 Å². The van der Waals surface area contributed by atoms with Gasteiger partial charge in [0.05, 0.1) is 23.9 Å². The fourth-order valence-electron chi connectivity index (χ4n) is 2.33. The number of hydrogen-bond acceptors (Lipinski definition) is 2. The van der Waals surface area contributed by atoms with Crippen molar-refractivity contribution < 1.29 is 4.39 Å². The number of hydrogen-bond donors (Lipinski definition) is 1.